The molecule has 0 aliphatic rings. The van der Waals surface area contributed by atoms with Gasteiger partial charge in [0, 0.05) is 26.0 Å². The van der Waals surface area contributed by atoms with Gasteiger partial charge in [-0.1, -0.05) is 17.2 Å². The number of hydrogen-bond acceptors (Lipinski definition) is 6. The number of ether oxygens (including phenoxy) is 1. The molecular formula is C14H13F2N5O2. The third kappa shape index (κ3) is 3.62. The van der Waals surface area contributed by atoms with E-state index in [1.807, 2.05) is 7.05 Å². The highest BCUT2D eigenvalue weighted by atomic mass is 19.3. The van der Waals surface area contributed by atoms with Crippen LogP contribution >= 0.6 is 0 Å². The van der Waals surface area contributed by atoms with Crippen LogP contribution in [0.5, 0.6) is 5.75 Å². The van der Waals surface area contributed by atoms with Crippen LogP contribution in [0, 0.1) is 0 Å². The SMILES string of the molecule is Cn1ccnc1-c1nnc(NCc2cccc(OC(F)F)c2)o1. The molecular weight excluding hydrogens is 308 g/mol. The number of benzene rings is 1. The van der Waals surface area contributed by atoms with Gasteiger partial charge in [-0.3, -0.25) is 0 Å². The van der Waals surface area contributed by atoms with E-state index in [2.05, 4.69) is 25.2 Å². The van der Waals surface area contributed by atoms with Crippen molar-refractivity contribution in [2.75, 3.05) is 5.32 Å². The predicted octanol–water partition coefficient (Wildman–Crippen LogP) is 2.68. The van der Waals surface area contributed by atoms with Crippen molar-refractivity contribution in [3.63, 3.8) is 0 Å². The zero-order valence-corrected chi connectivity index (χ0v) is 12.1. The summed E-state index contributed by atoms with van der Waals surface area (Å²) in [4.78, 5) is 4.11. The Kier molecular flexibility index (Phi) is 4.18. The van der Waals surface area contributed by atoms with E-state index in [9.17, 15) is 8.78 Å². The van der Waals surface area contributed by atoms with Crippen LogP contribution in [0.15, 0.2) is 41.1 Å². The van der Waals surface area contributed by atoms with Gasteiger partial charge in [0.1, 0.15) is 5.75 Å². The summed E-state index contributed by atoms with van der Waals surface area (Å²) >= 11 is 0. The maximum Gasteiger partial charge on any atom is 0.387 e. The van der Waals surface area contributed by atoms with E-state index in [0.717, 1.165) is 5.56 Å². The molecule has 23 heavy (non-hydrogen) atoms. The summed E-state index contributed by atoms with van der Waals surface area (Å²) in [5.41, 5.74) is 0.736. The molecule has 2 aromatic heterocycles. The van der Waals surface area contributed by atoms with Gasteiger partial charge in [-0.25, -0.2) is 4.98 Å². The van der Waals surface area contributed by atoms with E-state index in [4.69, 9.17) is 4.42 Å². The zero-order valence-electron chi connectivity index (χ0n) is 12.1. The topological polar surface area (TPSA) is 78.0 Å². The number of alkyl halides is 2. The molecule has 0 amide bonds. The monoisotopic (exact) mass is 321 g/mol. The first-order valence-electron chi connectivity index (χ1n) is 6.70. The molecule has 2 heterocycles. The number of nitrogens with one attached hydrogen (secondary N) is 1. The lowest BCUT2D eigenvalue weighted by atomic mass is 10.2. The van der Waals surface area contributed by atoms with Crippen molar-refractivity contribution in [1.82, 2.24) is 19.7 Å². The highest BCUT2D eigenvalue weighted by Crippen LogP contribution is 2.19. The van der Waals surface area contributed by atoms with Gasteiger partial charge >= 0.3 is 12.6 Å². The van der Waals surface area contributed by atoms with Crippen molar-refractivity contribution in [2.45, 2.75) is 13.2 Å². The minimum Gasteiger partial charge on any atom is -0.435 e. The lowest BCUT2D eigenvalue weighted by molar-refractivity contribution is -0.0498. The molecule has 7 nitrogen and oxygen atoms in total. The summed E-state index contributed by atoms with van der Waals surface area (Å²) in [6.07, 6.45) is 3.39. The molecule has 3 aromatic rings. The van der Waals surface area contributed by atoms with Gasteiger partial charge in [0.25, 0.3) is 5.89 Å². The van der Waals surface area contributed by atoms with E-state index >= 15 is 0 Å². The molecule has 0 fully saturated rings. The van der Waals surface area contributed by atoms with Crippen LogP contribution in [-0.2, 0) is 13.6 Å². The number of hydrogen-bond donors (Lipinski definition) is 1. The number of imidazole rings is 1. The average molecular weight is 321 g/mol. The standard InChI is InChI=1S/C14H13F2N5O2/c1-21-6-5-17-11(21)12-19-20-14(23-12)18-8-9-3-2-4-10(7-9)22-13(15)16/h2-7,13H,8H2,1H3,(H,18,20). The van der Waals surface area contributed by atoms with Crippen molar-refractivity contribution in [2.24, 2.45) is 7.05 Å². The first-order valence-corrected chi connectivity index (χ1v) is 6.70. The van der Waals surface area contributed by atoms with E-state index in [1.54, 1.807) is 29.1 Å². The third-order valence-corrected chi connectivity index (χ3v) is 3.00. The first kappa shape index (κ1) is 14.9. The Morgan fingerprint density at radius 1 is 1.35 bits per heavy atom. The summed E-state index contributed by atoms with van der Waals surface area (Å²) in [6.45, 7) is -2.53. The molecule has 0 saturated carbocycles. The largest absolute Gasteiger partial charge is 0.435 e. The summed E-state index contributed by atoms with van der Waals surface area (Å²) in [6, 6.07) is 6.57. The molecule has 1 N–H and O–H groups in total. The Hall–Kier alpha value is -2.97. The normalized spacial score (nSPS) is 11.0. The Labute approximate surface area is 129 Å². The molecule has 0 radical (unpaired) electrons. The summed E-state index contributed by atoms with van der Waals surface area (Å²) < 4.78 is 35.9. The maximum absolute atomic E-state index is 12.2. The summed E-state index contributed by atoms with van der Waals surface area (Å²) in [5.74, 6) is 0.936. The Morgan fingerprint density at radius 3 is 2.96 bits per heavy atom. The summed E-state index contributed by atoms with van der Waals surface area (Å²) in [7, 11) is 1.81. The number of rotatable bonds is 6. The quantitative estimate of drug-likeness (QED) is 0.752. The number of anilines is 1. The van der Waals surface area contributed by atoms with Crippen molar-refractivity contribution >= 4 is 6.01 Å². The van der Waals surface area contributed by atoms with E-state index < -0.39 is 6.61 Å². The number of aromatic nitrogens is 4. The van der Waals surface area contributed by atoms with Gasteiger partial charge in [-0.2, -0.15) is 8.78 Å². The molecule has 0 spiro atoms. The number of nitrogens with zero attached hydrogens (tertiary/aromatic N) is 4. The zero-order chi connectivity index (χ0) is 16.2. The third-order valence-electron chi connectivity index (χ3n) is 3.00. The number of halogens is 2. The second-order valence-corrected chi connectivity index (χ2v) is 4.65. The maximum atomic E-state index is 12.2. The molecule has 0 aliphatic heterocycles. The van der Waals surface area contributed by atoms with Crippen molar-refractivity contribution in [3.05, 3.63) is 42.2 Å². The number of aryl methyl sites for hydroxylation is 1. The molecule has 3 rings (SSSR count). The minimum atomic E-state index is -2.85. The molecule has 120 valence electrons. The molecule has 0 bridgehead atoms. The molecule has 0 atom stereocenters. The fourth-order valence-electron chi connectivity index (χ4n) is 1.97. The van der Waals surface area contributed by atoms with Crippen LogP contribution in [0.4, 0.5) is 14.8 Å². The van der Waals surface area contributed by atoms with Crippen LogP contribution in [0.1, 0.15) is 5.56 Å². The van der Waals surface area contributed by atoms with Gasteiger partial charge in [0.2, 0.25) is 0 Å². The highest BCUT2D eigenvalue weighted by Gasteiger charge is 2.12. The van der Waals surface area contributed by atoms with Crippen LogP contribution in [0.2, 0.25) is 0 Å². The fraction of sp³-hybridized carbons (Fsp3) is 0.214. The second kappa shape index (κ2) is 6.42. The van der Waals surface area contributed by atoms with Gasteiger partial charge in [0.15, 0.2) is 5.82 Å². The van der Waals surface area contributed by atoms with Crippen molar-refractivity contribution < 1.29 is 17.9 Å². The minimum absolute atomic E-state index is 0.0959. The van der Waals surface area contributed by atoms with Crippen molar-refractivity contribution in [1.29, 1.82) is 0 Å². The molecule has 9 heteroatoms. The van der Waals surface area contributed by atoms with Crippen LogP contribution in [-0.4, -0.2) is 26.4 Å². The lowest BCUT2D eigenvalue weighted by Crippen LogP contribution is -2.03. The van der Waals surface area contributed by atoms with Crippen LogP contribution < -0.4 is 10.1 Å². The lowest BCUT2D eigenvalue weighted by Gasteiger charge is -2.06. The van der Waals surface area contributed by atoms with Gasteiger partial charge in [-0.15, -0.1) is 5.10 Å². The predicted molar refractivity (Wildman–Crippen MR) is 76.9 cm³/mol. The van der Waals surface area contributed by atoms with Gasteiger partial charge < -0.3 is 19.0 Å². The van der Waals surface area contributed by atoms with E-state index in [0.29, 0.717) is 12.4 Å². The van der Waals surface area contributed by atoms with Crippen LogP contribution in [0.25, 0.3) is 11.7 Å². The first-order chi connectivity index (χ1) is 11.1. The Bertz CT molecular complexity index is 787. The molecule has 0 aliphatic carbocycles. The summed E-state index contributed by atoms with van der Waals surface area (Å²) in [5, 5.41) is 10.7. The molecule has 0 saturated heterocycles. The Morgan fingerprint density at radius 2 is 2.22 bits per heavy atom. The fourth-order valence-corrected chi connectivity index (χ4v) is 1.97. The Balaban J connectivity index is 1.65. The van der Waals surface area contributed by atoms with Crippen molar-refractivity contribution in [3.8, 4) is 17.5 Å². The van der Waals surface area contributed by atoms with Gasteiger partial charge in [0.05, 0.1) is 0 Å². The van der Waals surface area contributed by atoms with Crippen LogP contribution in [0.3, 0.4) is 0 Å². The van der Waals surface area contributed by atoms with Gasteiger partial charge in [-0.05, 0) is 17.7 Å². The molecule has 1 aromatic carbocycles. The van der Waals surface area contributed by atoms with E-state index in [-0.39, 0.29) is 17.7 Å². The van der Waals surface area contributed by atoms with E-state index in [1.165, 1.54) is 12.1 Å². The molecule has 0 unspecified atom stereocenters. The highest BCUT2D eigenvalue weighted by molar-refractivity contribution is 5.42. The smallest absolute Gasteiger partial charge is 0.387 e. The second-order valence-electron chi connectivity index (χ2n) is 4.65. The average Bonchev–Trinajstić information content (AvgIpc) is 3.13.